The molecule has 164 valence electrons. The summed E-state index contributed by atoms with van der Waals surface area (Å²) < 4.78 is 39.3. The number of carbonyl (C=O) groups is 1. The van der Waals surface area contributed by atoms with Crippen LogP contribution in [0.4, 0.5) is 9.52 Å². The Hall–Kier alpha value is -2.04. The Morgan fingerprint density at radius 3 is 2.60 bits per heavy atom. The zero-order valence-corrected chi connectivity index (χ0v) is 18.9. The second kappa shape index (κ2) is 9.84. The molecule has 2 aromatic rings. The van der Waals surface area contributed by atoms with Crippen molar-refractivity contribution in [3.05, 3.63) is 41.2 Å². The first-order chi connectivity index (χ1) is 14.3. The average Bonchev–Trinajstić information content (AvgIpc) is 2.99. The number of aryl methyl sites for hydroxylation is 1. The van der Waals surface area contributed by atoms with Crippen LogP contribution in [0.25, 0.3) is 0 Å². The Morgan fingerprint density at radius 1 is 1.20 bits per heavy atom. The van der Waals surface area contributed by atoms with Crippen LogP contribution in [0.2, 0.25) is 0 Å². The van der Waals surface area contributed by atoms with Crippen molar-refractivity contribution in [3.63, 3.8) is 0 Å². The summed E-state index contributed by atoms with van der Waals surface area (Å²) in [7, 11) is -2.22. The van der Waals surface area contributed by atoms with Crippen LogP contribution in [-0.2, 0) is 14.8 Å². The molecule has 1 aliphatic heterocycles. The minimum Gasteiger partial charge on any atom is -0.346 e. The molecule has 1 fully saturated rings. The van der Waals surface area contributed by atoms with Crippen molar-refractivity contribution in [1.82, 2.24) is 14.2 Å². The van der Waals surface area contributed by atoms with E-state index < -0.39 is 15.8 Å². The lowest BCUT2D eigenvalue weighted by Crippen LogP contribution is -2.36. The van der Waals surface area contributed by atoms with Gasteiger partial charge < -0.3 is 9.80 Å². The number of nitrogens with zero attached hydrogens (tertiary/aromatic N) is 4. The first-order valence-electron chi connectivity index (χ1n) is 9.94. The minimum atomic E-state index is -3.69. The van der Waals surface area contributed by atoms with Gasteiger partial charge in [0.25, 0.3) is 0 Å². The molecular formula is C20H27FN4O3S2. The molecule has 1 aromatic carbocycles. The number of aromatic nitrogens is 1. The number of rotatable bonds is 7. The molecule has 0 N–H and O–H groups in total. The summed E-state index contributed by atoms with van der Waals surface area (Å²) in [6.07, 6.45) is 1.60. The predicted molar refractivity (Wildman–Crippen MR) is 116 cm³/mol. The van der Waals surface area contributed by atoms with Gasteiger partial charge in [-0.3, -0.25) is 4.79 Å². The van der Waals surface area contributed by atoms with Crippen LogP contribution in [0.1, 0.15) is 25.0 Å². The molecule has 1 amide bonds. The molecule has 0 radical (unpaired) electrons. The van der Waals surface area contributed by atoms with E-state index in [-0.39, 0.29) is 17.3 Å². The Bertz CT molecular complexity index is 963. The van der Waals surface area contributed by atoms with Crippen molar-refractivity contribution in [1.29, 1.82) is 0 Å². The number of anilines is 1. The summed E-state index contributed by atoms with van der Waals surface area (Å²) in [5, 5.41) is 3.02. The molecule has 3 rings (SSSR count). The molecule has 1 saturated heterocycles. The van der Waals surface area contributed by atoms with Crippen molar-refractivity contribution in [3.8, 4) is 0 Å². The number of sulfonamides is 1. The van der Waals surface area contributed by atoms with Crippen LogP contribution < -0.4 is 4.90 Å². The van der Waals surface area contributed by atoms with Crippen molar-refractivity contribution in [2.45, 2.75) is 31.1 Å². The van der Waals surface area contributed by atoms with Gasteiger partial charge in [0.2, 0.25) is 15.9 Å². The van der Waals surface area contributed by atoms with E-state index in [1.807, 2.05) is 17.2 Å². The van der Waals surface area contributed by atoms with Crippen LogP contribution in [0, 0.1) is 12.7 Å². The summed E-state index contributed by atoms with van der Waals surface area (Å²) in [5.74, 6) is -0.442. The summed E-state index contributed by atoms with van der Waals surface area (Å²) in [6, 6.07) is 4.75. The van der Waals surface area contributed by atoms with Crippen LogP contribution in [0.15, 0.2) is 34.5 Å². The normalized spacial score (nSPS) is 15.5. The number of thiazole rings is 1. The third-order valence-electron chi connectivity index (χ3n) is 5.11. The highest BCUT2D eigenvalue weighted by Gasteiger charge is 2.23. The molecule has 0 spiro atoms. The Kier molecular flexibility index (Phi) is 7.43. The third kappa shape index (κ3) is 5.55. The fourth-order valence-corrected chi connectivity index (χ4v) is 5.43. The monoisotopic (exact) mass is 454 g/mol. The van der Waals surface area contributed by atoms with Gasteiger partial charge in [-0.2, -0.15) is 0 Å². The van der Waals surface area contributed by atoms with E-state index in [1.165, 1.54) is 23.5 Å². The first-order valence-corrected chi connectivity index (χ1v) is 12.3. The second-order valence-electron chi connectivity index (χ2n) is 7.38. The highest BCUT2D eigenvalue weighted by Crippen LogP contribution is 2.22. The standard InChI is InChI=1S/C20H27FN4O3S2/c1-16-15-29-20(22-16)25-12-4-11-24(13-14-25)19(26)5-3-10-23(2)30(27,28)18-8-6-17(21)7-9-18/h6-9,15H,3-5,10-14H2,1-2H3. The number of hydrogen-bond acceptors (Lipinski definition) is 6. The van der Waals surface area contributed by atoms with E-state index in [0.717, 1.165) is 42.5 Å². The molecule has 0 bridgehead atoms. The molecule has 10 heteroatoms. The number of benzene rings is 1. The van der Waals surface area contributed by atoms with Crippen LogP contribution in [0.5, 0.6) is 0 Å². The highest BCUT2D eigenvalue weighted by molar-refractivity contribution is 7.89. The molecule has 1 aliphatic rings. The van der Waals surface area contributed by atoms with Gasteiger partial charge in [-0.25, -0.2) is 22.1 Å². The minimum absolute atomic E-state index is 0.0414. The van der Waals surface area contributed by atoms with E-state index in [1.54, 1.807) is 11.3 Å². The van der Waals surface area contributed by atoms with Crippen molar-refractivity contribution >= 4 is 32.4 Å². The molecule has 0 unspecified atom stereocenters. The maximum absolute atomic E-state index is 13.0. The molecule has 0 atom stereocenters. The van der Waals surface area contributed by atoms with Crippen molar-refractivity contribution in [2.24, 2.45) is 0 Å². The topological polar surface area (TPSA) is 73.8 Å². The number of hydrogen-bond donors (Lipinski definition) is 0. The zero-order chi connectivity index (χ0) is 21.7. The van der Waals surface area contributed by atoms with Crippen LogP contribution >= 0.6 is 11.3 Å². The number of carbonyl (C=O) groups excluding carboxylic acids is 1. The number of halogens is 1. The first kappa shape index (κ1) is 22.6. The lowest BCUT2D eigenvalue weighted by atomic mass is 10.2. The smallest absolute Gasteiger partial charge is 0.242 e. The number of amides is 1. The third-order valence-corrected chi connectivity index (χ3v) is 8.00. The van der Waals surface area contributed by atoms with E-state index >= 15 is 0 Å². The molecule has 0 aliphatic carbocycles. The fraction of sp³-hybridized carbons (Fsp3) is 0.500. The lowest BCUT2D eigenvalue weighted by Gasteiger charge is -2.22. The van der Waals surface area contributed by atoms with Gasteiger partial charge in [-0.05, 0) is 44.0 Å². The molecule has 0 saturated carbocycles. The fourth-order valence-electron chi connectivity index (χ4n) is 3.36. The van der Waals surface area contributed by atoms with Gasteiger partial charge in [0, 0.05) is 51.6 Å². The maximum atomic E-state index is 13.0. The van der Waals surface area contributed by atoms with E-state index in [4.69, 9.17) is 0 Å². The lowest BCUT2D eigenvalue weighted by molar-refractivity contribution is -0.131. The van der Waals surface area contributed by atoms with Crippen molar-refractivity contribution in [2.75, 3.05) is 44.7 Å². The summed E-state index contributed by atoms with van der Waals surface area (Å²) in [6.45, 7) is 5.16. The van der Waals surface area contributed by atoms with Gasteiger partial charge in [0.15, 0.2) is 5.13 Å². The second-order valence-corrected chi connectivity index (χ2v) is 10.3. The van der Waals surface area contributed by atoms with Crippen LogP contribution in [-0.4, -0.2) is 68.3 Å². The highest BCUT2D eigenvalue weighted by atomic mass is 32.2. The van der Waals surface area contributed by atoms with Gasteiger partial charge in [0.05, 0.1) is 10.6 Å². The summed E-state index contributed by atoms with van der Waals surface area (Å²) >= 11 is 1.62. The van der Waals surface area contributed by atoms with E-state index in [2.05, 4.69) is 9.88 Å². The van der Waals surface area contributed by atoms with Crippen molar-refractivity contribution < 1.29 is 17.6 Å². The zero-order valence-electron chi connectivity index (χ0n) is 17.3. The van der Waals surface area contributed by atoms with Gasteiger partial charge >= 0.3 is 0 Å². The van der Waals surface area contributed by atoms with E-state index in [9.17, 15) is 17.6 Å². The van der Waals surface area contributed by atoms with Crippen LogP contribution in [0.3, 0.4) is 0 Å². The predicted octanol–water partition coefficient (Wildman–Crippen LogP) is 2.73. The Balaban J connectivity index is 1.47. The average molecular weight is 455 g/mol. The summed E-state index contributed by atoms with van der Waals surface area (Å²) in [4.78, 5) is 21.3. The summed E-state index contributed by atoms with van der Waals surface area (Å²) in [5.41, 5.74) is 1.01. The Labute approximate surface area is 181 Å². The quantitative estimate of drug-likeness (QED) is 0.643. The largest absolute Gasteiger partial charge is 0.346 e. The van der Waals surface area contributed by atoms with Gasteiger partial charge in [-0.1, -0.05) is 0 Å². The molecule has 30 heavy (non-hydrogen) atoms. The SMILES string of the molecule is Cc1csc(N2CCCN(C(=O)CCCN(C)S(=O)(=O)c3ccc(F)cc3)CC2)n1. The molecule has 2 heterocycles. The van der Waals surface area contributed by atoms with Gasteiger partial charge in [-0.15, -0.1) is 11.3 Å². The van der Waals surface area contributed by atoms with Gasteiger partial charge in [0.1, 0.15) is 5.82 Å². The van der Waals surface area contributed by atoms with E-state index in [0.29, 0.717) is 25.9 Å². The maximum Gasteiger partial charge on any atom is 0.242 e. The molecular weight excluding hydrogens is 427 g/mol. The molecule has 7 nitrogen and oxygen atoms in total. The Morgan fingerprint density at radius 2 is 1.93 bits per heavy atom. The molecule has 1 aromatic heterocycles.